The first-order valence-corrected chi connectivity index (χ1v) is 6.34. The van der Waals surface area contributed by atoms with E-state index in [1.54, 1.807) is 23.2 Å². The molecule has 1 fully saturated rings. The van der Waals surface area contributed by atoms with E-state index in [-0.39, 0.29) is 12.5 Å². The van der Waals surface area contributed by atoms with Crippen LogP contribution in [0, 0.1) is 0 Å². The maximum absolute atomic E-state index is 12.3. The van der Waals surface area contributed by atoms with E-state index in [0.29, 0.717) is 37.6 Å². The average Bonchev–Trinajstić information content (AvgIpc) is 2.53. The van der Waals surface area contributed by atoms with Crippen LogP contribution in [0.15, 0.2) is 18.3 Å². The van der Waals surface area contributed by atoms with Crippen LogP contribution in [-0.4, -0.2) is 55.3 Å². The van der Waals surface area contributed by atoms with Gasteiger partial charge in [0.25, 0.3) is 5.91 Å². The van der Waals surface area contributed by atoms with Crippen LogP contribution in [0.2, 0.25) is 0 Å². The van der Waals surface area contributed by atoms with Crippen molar-refractivity contribution in [3.8, 4) is 0 Å². The molecule has 7 nitrogen and oxygen atoms in total. The highest BCUT2D eigenvalue weighted by Gasteiger charge is 2.18. The molecule has 0 aliphatic carbocycles. The molecular weight excluding hydrogens is 262 g/mol. The lowest BCUT2D eigenvalue weighted by Gasteiger charge is -2.26. The van der Waals surface area contributed by atoms with Gasteiger partial charge in [0.15, 0.2) is 0 Å². The topological polar surface area (TPSA) is 80.8 Å². The number of hydrogen-bond donors (Lipinski definition) is 1. The van der Waals surface area contributed by atoms with Gasteiger partial charge in [0, 0.05) is 24.8 Å². The number of hydrogen-bond acceptors (Lipinski definition) is 5. The molecule has 1 N–H and O–H groups in total. The summed E-state index contributed by atoms with van der Waals surface area (Å²) in [6.07, 6.45) is 1.03. The highest BCUT2D eigenvalue weighted by atomic mass is 16.5. The third-order valence-electron chi connectivity index (χ3n) is 2.96. The van der Waals surface area contributed by atoms with E-state index in [4.69, 9.17) is 4.74 Å². The fourth-order valence-corrected chi connectivity index (χ4v) is 1.89. The molecule has 1 aliphatic rings. The first-order chi connectivity index (χ1) is 9.70. The molecular formula is C13H17N3O4. The van der Waals surface area contributed by atoms with Crippen LogP contribution in [0.5, 0.6) is 0 Å². The Labute approximate surface area is 116 Å². The summed E-state index contributed by atoms with van der Waals surface area (Å²) in [6.45, 7) is 2.53. The van der Waals surface area contributed by atoms with Gasteiger partial charge < -0.3 is 19.7 Å². The third kappa shape index (κ3) is 3.67. The van der Waals surface area contributed by atoms with E-state index < -0.39 is 6.09 Å². The van der Waals surface area contributed by atoms with Gasteiger partial charge in [-0.25, -0.2) is 4.79 Å². The average molecular weight is 279 g/mol. The number of ether oxygens (including phenoxy) is 2. The Morgan fingerprint density at radius 1 is 1.45 bits per heavy atom. The molecule has 0 spiro atoms. The molecule has 7 heteroatoms. The quantitative estimate of drug-likeness (QED) is 0.866. The van der Waals surface area contributed by atoms with Crippen LogP contribution >= 0.6 is 0 Å². The number of pyridine rings is 1. The third-order valence-corrected chi connectivity index (χ3v) is 2.96. The van der Waals surface area contributed by atoms with E-state index in [1.165, 1.54) is 7.11 Å². The maximum atomic E-state index is 12.3. The normalized spacial score (nSPS) is 14.8. The smallest absolute Gasteiger partial charge is 0.407 e. The van der Waals surface area contributed by atoms with Gasteiger partial charge in [-0.3, -0.25) is 9.78 Å². The molecule has 2 heterocycles. The predicted octanol–water partition coefficient (Wildman–Crippen LogP) is 0.410. The molecule has 108 valence electrons. The number of methoxy groups -OCH3 is 1. The Balaban J connectivity index is 2.01. The maximum Gasteiger partial charge on any atom is 0.407 e. The van der Waals surface area contributed by atoms with Crippen molar-refractivity contribution >= 4 is 12.0 Å². The minimum atomic E-state index is -0.531. The van der Waals surface area contributed by atoms with Gasteiger partial charge in [-0.15, -0.1) is 0 Å². The number of morpholine rings is 1. The highest BCUT2D eigenvalue weighted by Crippen LogP contribution is 2.08. The van der Waals surface area contributed by atoms with Gasteiger partial charge in [-0.05, 0) is 12.1 Å². The molecule has 2 amide bonds. The molecule has 1 aromatic rings. The summed E-state index contributed by atoms with van der Waals surface area (Å²) in [7, 11) is 1.29. The molecule has 2 rings (SSSR count). The van der Waals surface area contributed by atoms with Crippen molar-refractivity contribution in [2.24, 2.45) is 0 Å². The van der Waals surface area contributed by atoms with Crippen LogP contribution < -0.4 is 5.32 Å². The second-order valence-corrected chi connectivity index (χ2v) is 4.29. The lowest BCUT2D eigenvalue weighted by atomic mass is 10.2. The van der Waals surface area contributed by atoms with E-state index >= 15 is 0 Å². The standard InChI is InChI=1S/C13H17N3O4/c1-19-13(18)15-9-11-8-10(2-3-14-11)12(17)16-4-6-20-7-5-16/h2-3,8H,4-7,9H2,1H3,(H,15,18). The van der Waals surface area contributed by atoms with E-state index in [9.17, 15) is 9.59 Å². The summed E-state index contributed by atoms with van der Waals surface area (Å²) < 4.78 is 9.70. The van der Waals surface area contributed by atoms with Crippen molar-refractivity contribution in [3.05, 3.63) is 29.6 Å². The molecule has 0 radical (unpaired) electrons. The summed E-state index contributed by atoms with van der Waals surface area (Å²) in [5.41, 5.74) is 1.16. The number of nitrogens with zero attached hydrogens (tertiary/aromatic N) is 2. The number of amides is 2. The largest absolute Gasteiger partial charge is 0.453 e. The molecule has 0 saturated carbocycles. The van der Waals surface area contributed by atoms with Crippen molar-refractivity contribution in [2.75, 3.05) is 33.4 Å². The van der Waals surface area contributed by atoms with Crippen LogP contribution in [0.4, 0.5) is 4.79 Å². The first-order valence-electron chi connectivity index (χ1n) is 6.34. The van der Waals surface area contributed by atoms with Crippen LogP contribution in [0.1, 0.15) is 16.1 Å². The van der Waals surface area contributed by atoms with Crippen molar-refractivity contribution in [3.63, 3.8) is 0 Å². The lowest BCUT2D eigenvalue weighted by Crippen LogP contribution is -2.40. The number of carbonyl (C=O) groups is 2. The van der Waals surface area contributed by atoms with Crippen molar-refractivity contribution in [1.29, 1.82) is 0 Å². The van der Waals surface area contributed by atoms with E-state index in [0.717, 1.165) is 0 Å². The molecule has 1 aromatic heterocycles. The second-order valence-electron chi connectivity index (χ2n) is 4.29. The minimum Gasteiger partial charge on any atom is -0.453 e. The summed E-state index contributed by atoms with van der Waals surface area (Å²) in [5, 5.41) is 2.53. The summed E-state index contributed by atoms with van der Waals surface area (Å²) in [4.78, 5) is 29.1. The van der Waals surface area contributed by atoms with Gasteiger partial charge in [-0.1, -0.05) is 0 Å². The van der Waals surface area contributed by atoms with Gasteiger partial charge in [0.2, 0.25) is 0 Å². The Hall–Kier alpha value is -2.15. The van der Waals surface area contributed by atoms with Crippen molar-refractivity contribution in [1.82, 2.24) is 15.2 Å². The zero-order chi connectivity index (χ0) is 14.4. The fourth-order valence-electron chi connectivity index (χ4n) is 1.89. The molecule has 0 bridgehead atoms. The van der Waals surface area contributed by atoms with Crippen molar-refractivity contribution in [2.45, 2.75) is 6.54 Å². The Kier molecular flexibility index (Phi) is 4.89. The zero-order valence-electron chi connectivity index (χ0n) is 11.3. The van der Waals surface area contributed by atoms with Gasteiger partial charge >= 0.3 is 6.09 Å². The highest BCUT2D eigenvalue weighted by molar-refractivity contribution is 5.94. The molecule has 20 heavy (non-hydrogen) atoms. The second kappa shape index (κ2) is 6.85. The van der Waals surface area contributed by atoms with Crippen LogP contribution in [-0.2, 0) is 16.0 Å². The summed E-state index contributed by atoms with van der Waals surface area (Å²) in [6, 6.07) is 3.34. The molecule has 0 aromatic carbocycles. The van der Waals surface area contributed by atoms with Gasteiger partial charge in [0.05, 0.1) is 32.6 Å². The number of alkyl carbamates (subject to hydrolysis) is 1. The lowest BCUT2D eigenvalue weighted by molar-refractivity contribution is 0.0302. The number of rotatable bonds is 3. The number of carbonyl (C=O) groups excluding carboxylic acids is 2. The number of nitrogens with one attached hydrogen (secondary N) is 1. The number of aromatic nitrogens is 1. The van der Waals surface area contributed by atoms with Crippen LogP contribution in [0.3, 0.4) is 0 Å². The van der Waals surface area contributed by atoms with Gasteiger partial charge in [0.1, 0.15) is 0 Å². The Bertz CT molecular complexity index is 486. The zero-order valence-corrected chi connectivity index (χ0v) is 11.3. The Morgan fingerprint density at radius 2 is 2.20 bits per heavy atom. The Morgan fingerprint density at radius 3 is 2.90 bits per heavy atom. The van der Waals surface area contributed by atoms with E-state index in [1.807, 2.05) is 0 Å². The molecule has 1 saturated heterocycles. The molecule has 1 aliphatic heterocycles. The predicted molar refractivity (Wildman–Crippen MR) is 70.2 cm³/mol. The SMILES string of the molecule is COC(=O)NCc1cc(C(=O)N2CCOCC2)ccn1. The van der Waals surface area contributed by atoms with Gasteiger partial charge in [-0.2, -0.15) is 0 Å². The first kappa shape index (κ1) is 14.3. The monoisotopic (exact) mass is 279 g/mol. The summed E-state index contributed by atoms with van der Waals surface area (Å²) >= 11 is 0. The van der Waals surface area contributed by atoms with E-state index in [2.05, 4.69) is 15.0 Å². The molecule has 0 atom stereocenters. The fraction of sp³-hybridized carbons (Fsp3) is 0.462. The summed E-state index contributed by atoms with van der Waals surface area (Å²) in [5.74, 6) is -0.0463. The minimum absolute atomic E-state index is 0.0463. The molecule has 0 unspecified atom stereocenters. The van der Waals surface area contributed by atoms with Crippen LogP contribution in [0.25, 0.3) is 0 Å². The van der Waals surface area contributed by atoms with Crippen molar-refractivity contribution < 1.29 is 19.1 Å².